The molecule has 0 aliphatic carbocycles. The first-order valence-corrected chi connectivity index (χ1v) is 8.45. The molecule has 1 fully saturated rings. The quantitative estimate of drug-likeness (QED) is 0.822. The summed E-state index contributed by atoms with van der Waals surface area (Å²) in [5, 5.41) is 9.09. The van der Waals surface area contributed by atoms with Crippen molar-refractivity contribution in [2.45, 2.75) is 25.9 Å². The van der Waals surface area contributed by atoms with E-state index in [9.17, 15) is 18.8 Å². The first-order valence-electron chi connectivity index (χ1n) is 8.45. The number of carboxylic acids is 1. The van der Waals surface area contributed by atoms with Crippen molar-refractivity contribution in [3.8, 4) is 5.75 Å². The van der Waals surface area contributed by atoms with Crippen LogP contribution in [0.15, 0.2) is 24.3 Å². The van der Waals surface area contributed by atoms with Crippen molar-refractivity contribution in [2.75, 3.05) is 26.7 Å². The number of rotatable bonds is 6. The maximum Gasteiger partial charge on any atom is 0.308 e. The second-order valence-electron chi connectivity index (χ2n) is 6.43. The predicted molar refractivity (Wildman–Crippen MR) is 91.1 cm³/mol. The topological polar surface area (TPSA) is 87.2 Å². The van der Waals surface area contributed by atoms with Crippen LogP contribution in [-0.2, 0) is 14.4 Å². The van der Waals surface area contributed by atoms with E-state index in [0.29, 0.717) is 19.4 Å². The van der Waals surface area contributed by atoms with Gasteiger partial charge in [0, 0.05) is 26.2 Å². The zero-order valence-corrected chi connectivity index (χ0v) is 14.9. The Balaban J connectivity index is 1.89. The molecule has 1 aliphatic rings. The molecule has 7 nitrogen and oxygen atoms in total. The lowest BCUT2D eigenvalue weighted by Gasteiger charge is -2.32. The molecule has 26 heavy (non-hydrogen) atoms. The number of piperidine rings is 1. The predicted octanol–water partition coefficient (Wildman–Crippen LogP) is 1.37. The van der Waals surface area contributed by atoms with Crippen molar-refractivity contribution in [3.05, 3.63) is 30.1 Å². The molecule has 0 spiro atoms. The molecule has 1 N–H and O–H groups in total. The fraction of sp³-hybridized carbons (Fsp3) is 0.500. The van der Waals surface area contributed by atoms with Crippen molar-refractivity contribution in [3.63, 3.8) is 0 Å². The van der Waals surface area contributed by atoms with Crippen molar-refractivity contribution < 1.29 is 28.6 Å². The molecule has 8 heteroatoms. The van der Waals surface area contributed by atoms with Crippen molar-refractivity contribution >= 4 is 17.8 Å². The van der Waals surface area contributed by atoms with Crippen LogP contribution in [0.5, 0.6) is 5.75 Å². The summed E-state index contributed by atoms with van der Waals surface area (Å²) in [6.45, 7) is 2.00. The van der Waals surface area contributed by atoms with Crippen LogP contribution in [0.3, 0.4) is 0 Å². The Hall–Kier alpha value is -2.64. The molecule has 2 unspecified atom stereocenters. The molecule has 2 rings (SSSR count). The third kappa shape index (κ3) is 5.18. The maximum absolute atomic E-state index is 13.2. The Morgan fingerprint density at radius 2 is 2.15 bits per heavy atom. The largest absolute Gasteiger partial charge is 0.481 e. The highest BCUT2D eigenvalue weighted by Gasteiger charge is 2.29. The molecule has 2 atom stereocenters. The average molecular weight is 366 g/mol. The minimum absolute atomic E-state index is 0.158. The van der Waals surface area contributed by atoms with Gasteiger partial charge in [-0.2, -0.15) is 0 Å². The number of halogens is 1. The zero-order chi connectivity index (χ0) is 19.3. The lowest BCUT2D eigenvalue weighted by Crippen LogP contribution is -2.48. The van der Waals surface area contributed by atoms with E-state index in [-0.39, 0.29) is 24.7 Å². The molecule has 1 heterocycles. The van der Waals surface area contributed by atoms with Gasteiger partial charge in [0.15, 0.2) is 6.10 Å². The van der Waals surface area contributed by atoms with E-state index >= 15 is 0 Å². The van der Waals surface area contributed by atoms with Crippen LogP contribution >= 0.6 is 0 Å². The summed E-state index contributed by atoms with van der Waals surface area (Å²) in [5.41, 5.74) is 0. The van der Waals surface area contributed by atoms with Gasteiger partial charge in [-0.1, -0.05) is 6.07 Å². The molecule has 0 saturated carbocycles. The minimum atomic E-state index is -0.913. The number of nitrogens with zero attached hydrogens (tertiary/aromatic N) is 2. The average Bonchev–Trinajstić information content (AvgIpc) is 2.61. The Labute approximate surface area is 151 Å². The van der Waals surface area contributed by atoms with Crippen LogP contribution in [0.1, 0.15) is 19.8 Å². The highest BCUT2D eigenvalue weighted by Crippen LogP contribution is 2.17. The van der Waals surface area contributed by atoms with Gasteiger partial charge >= 0.3 is 5.97 Å². The molecule has 1 aromatic rings. The molecule has 0 radical (unpaired) electrons. The van der Waals surface area contributed by atoms with Crippen molar-refractivity contribution in [1.29, 1.82) is 0 Å². The molecular weight excluding hydrogens is 343 g/mol. The second kappa shape index (κ2) is 8.64. The molecule has 1 aliphatic heterocycles. The number of likely N-dealkylation sites (N-methyl/N-ethyl adjacent to an activating group) is 1. The second-order valence-corrected chi connectivity index (χ2v) is 6.43. The van der Waals surface area contributed by atoms with Crippen LogP contribution in [0.4, 0.5) is 4.39 Å². The first-order chi connectivity index (χ1) is 12.3. The summed E-state index contributed by atoms with van der Waals surface area (Å²) in [5.74, 6) is -2.44. The number of hydrogen-bond donors (Lipinski definition) is 1. The number of ether oxygens (including phenoxy) is 1. The number of carbonyl (C=O) groups is 3. The van der Waals surface area contributed by atoms with E-state index in [2.05, 4.69) is 0 Å². The number of aliphatic carboxylic acids is 1. The van der Waals surface area contributed by atoms with E-state index in [1.54, 1.807) is 0 Å². The van der Waals surface area contributed by atoms with Crippen LogP contribution < -0.4 is 4.74 Å². The van der Waals surface area contributed by atoms with Gasteiger partial charge in [-0.15, -0.1) is 0 Å². The highest BCUT2D eigenvalue weighted by atomic mass is 19.1. The molecule has 1 saturated heterocycles. The first kappa shape index (κ1) is 19.7. The number of hydrogen-bond acceptors (Lipinski definition) is 4. The molecule has 1 aromatic carbocycles. The van der Waals surface area contributed by atoms with Gasteiger partial charge in [0.2, 0.25) is 5.91 Å². The number of benzene rings is 1. The van der Waals surface area contributed by atoms with Crippen LogP contribution in [0.2, 0.25) is 0 Å². The molecular formula is C18H23FN2O5. The van der Waals surface area contributed by atoms with E-state index < -0.39 is 29.7 Å². The van der Waals surface area contributed by atoms with Crippen molar-refractivity contribution in [1.82, 2.24) is 9.80 Å². The van der Waals surface area contributed by atoms with Gasteiger partial charge in [0.05, 0.1) is 12.5 Å². The third-order valence-corrected chi connectivity index (χ3v) is 4.33. The Bertz CT molecular complexity index is 681. The lowest BCUT2D eigenvalue weighted by atomic mass is 9.98. The summed E-state index contributed by atoms with van der Waals surface area (Å²) in [4.78, 5) is 38.5. The maximum atomic E-state index is 13.2. The van der Waals surface area contributed by atoms with Gasteiger partial charge in [-0.05, 0) is 31.9 Å². The van der Waals surface area contributed by atoms with Gasteiger partial charge < -0.3 is 19.6 Å². The summed E-state index contributed by atoms with van der Waals surface area (Å²) in [6.07, 6.45) is 0.286. The monoisotopic (exact) mass is 366 g/mol. The number of amides is 2. The summed E-state index contributed by atoms with van der Waals surface area (Å²) >= 11 is 0. The van der Waals surface area contributed by atoms with E-state index in [4.69, 9.17) is 9.84 Å². The lowest BCUT2D eigenvalue weighted by molar-refractivity contribution is -0.148. The zero-order valence-electron chi connectivity index (χ0n) is 14.9. The highest BCUT2D eigenvalue weighted by molar-refractivity contribution is 5.87. The Morgan fingerprint density at radius 1 is 1.42 bits per heavy atom. The fourth-order valence-electron chi connectivity index (χ4n) is 2.89. The standard InChI is InChI=1S/C18H23FN2O5/c1-12(26-15-7-3-6-14(19)9-15)17(23)20(2)11-16(22)21-8-4-5-13(10-21)18(24)25/h3,6-7,9,12-13H,4-5,8,10-11H2,1-2H3,(H,24,25). The number of carbonyl (C=O) groups excluding carboxylic acids is 2. The number of carboxylic acid groups (broad SMARTS) is 1. The molecule has 0 aromatic heterocycles. The molecule has 2 amide bonds. The number of likely N-dealkylation sites (tertiary alicyclic amines) is 1. The summed E-state index contributed by atoms with van der Waals surface area (Å²) in [6, 6.07) is 5.46. The van der Waals surface area contributed by atoms with Crippen LogP contribution in [-0.4, -0.2) is 65.5 Å². The SMILES string of the molecule is CC(Oc1cccc(F)c1)C(=O)N(C)CC(=O)N1CCCC(C(=O)O)C1. The van der Waals surface area contributed by atoms with E-state index in [1.807, 2.05) is 0 Å². The minimum Gasteiger partial charge on any atom is -0.481 e. The van der Waals surface area contributed by atoms with Gasteiger partial charge in [0.25, 0.3) is 5.91 Å². The Morgan fingerprint density at radius 3 is 2.81 bits per heavy atom. The smallest absolute Gasteiger partial charge is 0.308 e. The van der Waals surface area contributed by atoms with Crippen LogP contribution in [0.25, 0.3) is 0 Å². The summed E-state index contributed by atoms with van der Waals surface area (Å²) < 4.78 is 18.6. The fourth-order valence-corrected chi connectivity index (χ4v) is 2.89. The van der Waals surface area contributed by atoms with Gasteiger partial charge in [0.1, 0.15) is 11.6 Å². The molecule has 0 bridgehead atoms. The van der Waals surface area contributed by atoms with Crippen molar-refractivity contribution in [2.24, 2.45) is 5.92 Å². The summed E-state index contributed by atoms with van der Waals surface area (Å²) in [7, 11) is 1.48. The van der Waals surface area contributed by atoms with Crippen LogP contribution in [0, 0.1) is 11.7 Å². The van der Waals surface area contributed by atoms with E-state index in [1.165, 1.54) is 48.0 Å². The molecule has 142 valence electrons. The van der Waals surface area contributed by atoms with Gasteiger partial charge in [-0.25, -0.2) is 4.39 Å². The third-order valence-electron chi connectivity index (χ3n) is 4.33. The Kier molecular flexibility index (Phi) is 6.54. The van der Waals surface area contributed by atoms with E-state index in [0.717, 1.165) is 0 Å². The van der Waals surface area contributed by atoms with Gasteiger partial charge in [-0.3, -0.25) is 14.4 Å². The normalized spacial score (nSPS) is 18.1.